The van der Waals surface area contributed by atoms with E-state index in [2.05, 4.69) is 0 Å². The number of hydrogen-bond donors (Lipinski definition) is 1. The van der Waals surface area contributed by atoms with Gasteiger partial charge in [0, 0.05) is 0 Å². The number of phenols is 1. The van der Waals surface area contributed by atoms with Crippen molar-refractivity contribution in [1.82, 2.24) is 0 Å². The molecule has 3 nitrogen and oxygen atoms in total. The van der Waals surface area contributed by atoms with E-state index >= 15 is 0 Å². The molecule has 0 aliphatic carbocycles. The lowest BCUT2D eigenvalue weighted by atomic mass is 9.91. The Morgan fingerprint density at radius 1 is 1.31 bits per heavy atom. The minimum Gasteiger partial charge on any atom is -0.508 e. The number of ether oxygens (including phenoxy) is 1. The first-order chi connectivity index (χ1) is 7.45. The van der Waals surface area contributed by atoms with Gasteiger partial charge in [-0.05, 0) is 38.0 Å². The second kappa shape index (κ2) is 5.01. The predicted octanol–water partition coefficient (Wildman–Crippen LogP) is 2.87. The van der Waals surface area contributed by atoms with Crippen molar-refractivity contribution in [2.24, 2.45) is 5.41 Å². The lowest BCUT2D eigenvalue weighted by Crippen LogP contribution is -2.25. The zero-order valence-electron chi connectivity index (χ0n) is 9.99. The molecule has 0 radical (unpaired) electrons. The molecule has 1 rings (SSSR count). The van der Waals surface area contributed by atoms with Gasteiger partial charge < -0.3 is 9.84 Å². The van der Waals surface area contributed by atoms with Gasteiger partial charge in [0.2, 0.25) is 0 Å². The summed E-state index contributed by atoms with van der Waals surface area (Å²) in [7, 11) is 0. The molecule has 0 spiro atoms. The van der Waals surface area contributed by atoms with Crippen LogP contribution >= 0.6 is 0 Å². The molecule has 1 N–H and O–H groups in total. The normalized spacial score (nSPS) is 11.2. The monoisotopic (exact) mass is 222 g/mol. The fraction of sp³-hybridized carbons (Fsp3) is 0.462. The number of phenolic OH excluding ortho intramolecular Hbond substituents is 1. The van der Waals surface area contributed by atoms with E-state index < -0.39 is 5.41 Å². The van der Waals surface area contributed by atoms with Gasteiger partial charge in [-0.15, -0.1) is 0 Å². The summed E-state index contributed by atoms with van der Waals surface area (Å²) in [4.78, 5) is 11.7. The standard InChI is InChI=1S/C13H18O3/c1-4-13(2,3)12(15)16-9-10-5-7-11(14)8-6-10/h5-8,14H,4,9H2,1-3H3. The van der Waals surface area contributed by atoms with Crippen LogP contribution in [-0.4, -0.2) is 11.1 Å². The van der Waals surface area contributed by atoms with Crippen molar-refractivity contribution in [2.75, 3.05) is 0 Å². The number of esters is 1. The van der Waals surface area contributed by atoms with Crippen LogP contribution in [0.3, 0.4) is 0 Å². The molecule has 1 aromatic rings. The van der Waals surface area contributed by atoms with Crippen LogP contribution in [0.5, 0.6) is 5.75 Å². The van der Waals surface area contributed by atoms with E-state index in [9.17, 15) is 4.79 Å². The van der Waals surface area contributed by atoms with Crippen molar-refractivity contribution in [3.8, 4) is 5.75 Å². The van der Waals surface area contributed by atoms with E-state index in [1.165, 1.54) is 0 Å². The lowest BCUT2D eigenvalue weighted by molar-refractivity contribution is -0.155. The summed E-state index contributed by atoms with van der Waals surface area (Å²) >= 11 is 0. The Hall–Kier alpha value is -1.51. The molecule has 16 heavy (non-hydrogen) atoms. The van der Waals surface area contributed by atoms with Crippen LogP contribution in [0.15, 0.2) is 24.3 Å². The second-order valence-electron chi connectivity index (χ2n) is 4.48. The zero-order chi connectivity index (χ0) is 12.2. The van der Waals surface area contributed by atoms with E-state index in [1.807, 2.05) is 20.8 Å². The maximum Gasteiger partial charge on any atom is 0.311 e. The Morgan fingerprint density at radius 3 is 2.38 bits per heavy atom. The van der Waals surface area contributed by atoms with Gasteiger partial charge in [0.05, 0.1) is 5.41 Å². The van der Waals surface area contributed by atoms with Gasteiger partial charge >= 0.3 is 5.97 Å². The lowest BCUT2D eigenvalue weighted by Gasteiger charge is -2.20. The summed E-state index contributed by atoms with van der Waals surface area (Å²) in [5.41, 5.74) is 0.440. The van der Waals surface area contributed by atoms with E-state index in [4.69, 9.17) is 9.84 Å². The summed E-state index contributed by atoms with van der Waals surface area (Å²) in [6, 6.07) is 6.63. The number of carbonyl (C=O) groups excluding carboxylic acids is 1. The van der Waals surface area contributed by atoms with Crippen LogP contribution in [0, 0.1) is 5.41 Å². The summed E-state index contributed by atoms with van der Waals surface area (Å²) in [5, 5.41) is 9.09. The highest BCUT2D eigenvalue weighted by atomic mass is 16.5. The third kappa shape index (κ3) is 3.26. The number of carbonyl (C=O) groups is 1. The van der Waals surface area contributed by atoms with Crippen LogP contribution < -0.4 is 0 Å². The minimum absolute atomic E-state index is 0.192. The van der Waals surface area contributed by atoms with Gasteiger partial charge in [0.15, 0.2) is 0 Å². The smallest absolute Gasteiger partial charge is 0.311 e. The highest BCUT2D eigenvalue weighted by Gasteiger charge is 2.26. The topological polar surface area (TPSA) is 46.5 Å². The molecule has 0 amide bonds. The Balaban J connectivity index is 2.52. The predicted molar refractivity (Wildman–Crippen MR) is 62.0 cm³/mol. The summed E-state index contributed by atoms with van der Waals surface area (Å²) in [5.74, 6) is 0.0204. The van der Waals surface area contributed by atoms with E-state index in [-0.39, 0.29) is 18.3 Å². The maximum atomic E-state index is 11.7. The maximum absolute atomic E-state index is 11.7. The number of aromatic hydroxyl groups is 1. The first-order valence-corrected chi connectivity index (χ1v) is 5.41. The molecule has 0 heterocycles. The molecule has 0 unspecified atom stereocenters. The van der Waals surface area contributed by atoms with Crippen LogP contribution in [-0.2, 0) is 16.1 Å². The van der Waals surface area contributed by atoms with Gasteiger partial charge in [-0.1, -0.05) is 19.1 Å². The summed E-state index contributed by atoms with van der Waals surface area (Å²) in [6.45, 7) is 5.95. The van der Waals surface area contributed by atoms with Crippen molar-refractivity contribution < 1.29 is 14.6 Å². The highest BCUT2D eigenvalue weighted by Crippen LogP contribution is 2.22. The van der Waals surface area contributed by atoms with Gasteiger partial charge in [-0.3, -0.25) is 4.79 Å². The average Bonchev–Trinajstić information content (AvgIpc) is 2.28. The number of benzene rings is 1. The molecular formula is C13H18O3. The molecule has 88 valence electrons. The van der Waals surface area contributed by atoms with Crippen molar-refractivity contribution in [3.63, 3.8) is 0 Å². The van der Waals surface area contributed by atoms with Crippen molar-refractivity contribution in [1.29, 1.82) is 0 Å². The molecular weight excluding hydrogens is 204 g/mol. The fourth-order valence-electron chi connectivity index (χ4n) is 1.08. The zero-order valence-corrected chi connectivity index (χ0v) is 9.99. The Labute approximate surface area is 96.1 Å². The largest absolute Gasteiger partial charge is 0.508 e. The minimum atomic E-state index is -0.434. The van der Waals surface area contributed by atoms with Crippen LogP contribution in [0.1, 0.15) is 32.8 Å². The molecule has 0 saturated heterocycles. The van der Waals surface area contributed by atoms with Gasteiger partial charge in [0.25, 0.3) is 0 Å². The molecule has 0 aromatic heterocycles. The van der Waals surface area contributed by atoms with Gasteiger partial charge in [-0.2, -0.15) is 0 Å². The highest BCUT2D eigenvalue weighted by molar-refractivity contribution is 5.75. The quantitative estimate of drug-likeness (QED) is 0.797. The molecule has 0 bridgehead atoms. The second-order valence-corrected chi connectivity index (χ2v) is 4.48. The molecule has 3 heteroatoms. The molecule has 1 aromatic carbocycles. The van der Waals surface area contributed by atoms with E-state index in [1.54, 1.807) is 24.3 Å². The number of hydrogen-bond acceptors (Lipinski definition) is 3. The molecule has 0 saturated carbocycles. The van der Waals surface area contributed by atoms with E-state index in [0.29, 0.717) is 0 Å². The SMILES string of the molecule is CCC(C)(C)C(=O)OCc1ccc(O)cc1. The van der Waals surface area contributed by atoms with Crippen molar-refractivity contribution in [3.05, 3.63) is 29.8 Å². The summed E-state index contributed by atoms with van der Waals surface area (Å²) in [6.07, 6.45) is 0.751. The van der Waals surface area contributed by atoms with Crippen LogP contribution in [0.4, 0.5) is 0 Å². The van der Waals surface area contributed by atoms with Crippen LogP contribution in [0.25, 0.3) is 0 Å². The molecule has 0 aliphatic heterocycles. The average molecular weight is 222 g/mol. The van der Waals surface area contributed by atoms with Gasteiger partial charge in [0.1, 0.15) is 12.4 Å². The third-order valence-electron chi connectivity index (χ3n) is 2.74. The van der Waals surface area contributed by atoms with Crippen molar-refractivity contribution in [2.45, 2.75) is 33.8 Å². The fourth-order valence-corrected chi connectivity index (χ4v) is 1.08. The number of rotatable bonds is 4. The van der Waals surface area contributed by atoms with Crippen molar-refractivity contribution >= 4 is 5.97 Å². The molecule has 0 atom stereocenters. The Bertz CT molecular complexity index is 352. The third-order valence-corrected chi connectivity index (χ3v) is 2.74. The molecule has 0 aliphatic rings. The Morgan fingerprint density at radius 2 is 1.88 bits per heavy atom. The van der Waals surface area contributed by atoms with Crippen LogP contribution in [0.2, 0.25) is 0 Å². The van der Waals surface area contributed by atoms with E-state index in [0.717, 1.165) is 12.0 Å². The first kappa shape index (κ1) is 12.6. The Kier molecular flexibility index (Phi) is 3.93. The first-order valence-electron chi connectivity index (χ1n) is 5.41. The molecule has 0 fully saturated rings. The van der Waals surface area contributed by atoms with Gasteiger partial charge in [-0.25, -0.2) is 0 Å². The summed E-state index contributed by atoms with van der Waals surface area (Å²) < 4.78 is 5.20.